The maximum atomic E-state index is 12.5. The van der Waals surface area contributed by atoms with Gasteiger partial charge in [-0.3, -0.25) is 9.69 Å². The van der Waals surface area contributed by atoms with Gasteiger partial charge < -0.3 is 10.1 Å². The number of aromatic nitrogens is 1. The van der Waals surface area contributed by atoms with Crippen LogP contribution in [0.25, 0.3) is 11.3 Å². The number of amides is 1. The Labute approximate surface area is 166 Å². The van der Waals surface area contributed by atoms with Gasteiger partial charge in [-0.1, -0.05) is 6.07 Å². The lowest BCUT2D eigenvalue weighted by Gasteiger charge is -2.22. The number of hydrogen-bond acceptors (Lipinski definition) is 6. The van der Waals surface area contributed by atoms with Crippen LogP contribution < -0.4 is 10.1 Å². The van der Waals surface area contributed by atoms with Crippen LogP contribution in [0.5, 0.6) is 5.75 Å². The maximum Gasteiger partial charge on any atom is 0.240 e. The number of ether oxygens (including phenoxy) is 1. The van der Waals surface area contributed by atoms with Gasteiger partial charge in [0.1, 0.15) is 5.75 Å². The number of benzene rings is 1. The van der Waals surface area contributed by atoms with Crippen molar-refractivity contribution in [3.8, 4) is 17.0 Å². The van der Waals surface area contributed by atoms with Crippen LogP contribution in [0.15, 0.2) is 47.2 Å². The van der Waals surface area contributed by atoms with E-state index in [2.05, 4.69) is 32.7 Å². The highest BCUT2D eigenvalue weighted by Crippen LogP contribution is 2.34. The highest BCUT2D eigenvalue weighted by atomic mass is 32.1. The molecule has 0 aliphatic carbocycles. The van der Waals surface area contributed by atoms with E-state index in [1.807, 2.05) is 29.6 Å². The number of likely N-dealkylation sites (tertiary alicyclic amines) is 1. The Bertz CT molecular complexity index is 890. The zero-order chi connectivity index (χ0) is 18.6. The van der Waals surface area contributed by atoms with Gasteiger partial charge in [-0.15, -0.1) is 22.7 Å². The van der Waals surface area contributed by atoms with Crippen LogP contribution >= 0.6 is 22.7 Å². The van der Waals surface area contributed by atoms with Crippen LogP contribution in [-0.4, -0.2) is 36.0 Å². The molecule has 1 N–H and O–H groups in total. The zero-order valence-corrected chi connectivity index (χ0v) is 16.7. The van der Waals surface area contributed by atoms with E-state index in [1.165, 1.54) is 16.2 Å². The molecule has 5 nitrogen and oxygen atoms in total. The summed E-state index contributed by atoms with van der Waals surface area (Å²) in [5.74, 6) is 0.808. The van der Waals surface area contributed by atoms with Crippen molar-refractivity contribution < 1.29 is 9.53 Å². The van der Waals surface area contributed by atoms with E-state index in [9.17, 15) is 4.79 Å². The molecule has 1 amide bonds. The molecule has 3 aromatic rings. The Morgan fingerprint density at radius 1 is 1.30 bits per heavy atom. The van der Waals surface area contributed by atoms with Crippen molar-refractivity contribution in [1.29, 1.82) is 0 Å². The number of nitrogens with one attached hydrogen (secondary N) is 1. The van der Waals surface area contributed by atoms with E-state index in [0.29, 0.717) is 17.7 Å². The molecule has 1 atom stereocenters. The highest BCUT2D eigenvalue weighted by molar-refractivity contribution is 7.14. The molecule has 1 saturated heterocycles. The predicted octanol–water partition coefficient (Wildman–Crippen LogP) is 4.66. The van der Waals surface area contributed by atoms with Crippen LogP contribution in [0.1, 0.15) is 23.8 Å². The fourth-order valence-electron chi connectivity index (χ4n) is 3.39. The number of thiazole rings is 1. The van der Waals surface area contributed by atoms with Gasteiger partial charge in [-0.25, -0.2) is 4.98 Å². The lowest BCUT2D eigenvalue weighted by molar-refractivity contribution is -0.117. The Hall–Kier alpha value is -2.22. The fourth-order valence-corrected chi connectivity index (χ4v) is 5.02. The Kier molecular flexibility index (Phi) is 5.52. The third kappa shape index (κ3) is 4.21. The molecule has 2 aromatic heterocycles. The lowest BCUT2D eigenvalue weighted by atomic mass is 10.2. The first-order chi connectivity index (χ1) is 13.2. The van der Waals surface area contributed by atoms with E-state index < -0.39 is 0 Å². The standard InChI is InChI=1S/C20H21N3O2S2/c1-25-15-8-6-14(7-9-15)16-13-27-20(21-16)22-19(24)12-23-10-2-4-17(23)18-5-3-11-26-18/h3,5-9,11,13,17H,2,4,10,12H2,1H3,(H,21,22,24). The fraction of sp³-hybridized carbons (Fsp3) is 0.300. The highest BCUT2D eigenvalue weighted by Gasteiger charge is 2.28. The van der Waals surface area contributed by atoms with Gasteiger partial charge in [-0.05, 0) is 55.1 Å². The Morgan fingerprint density at radius 2 is 2.15 bits per heavy atom. The maximum absolute atomic E-state index is 12.5. The van der Waals surface area contributed by atoms with Gasteiger partial charge in [-0.2, -0.15) is 0 Å². The third-order valence-corrected chi connectivity index (χ3v) is 6.45. The Morgan fingerprint density at radius 3 is 2.89 bits per heavy atom. The molecule has 1 aliphatic rings. The summed E-state index contributed by atoms with van der Waals surface area (Å²) in [5, 5.41) is 7.65. The molecule has 0 bridgehead atoms. The van der Waals surface area contributed by atoms with Crippen LogP contribution in [-0.2, 0) is 4.79 Å². The summed E-state index contributed by atoms with van der Waals surface area (Å²) in [7, 11) is 1.65. The smallest absolute Gasteiger partial charge is 0.240 e. The van der Waals surface area contributed by atoms with Crippen molar-refractivity contribution in [2.75, 3.05) is 25.5 Å². The van der Waals surface area contributed by atoms with Crippen LogP contribution in [0, 0.1) is 0 Å². The normalized spacial score (nSPS) is 17.1. The SMILES string of the molecule is COc1ccc(-c2csc(NC(=O)CN3CCCC3c3cccs3)n2)cc1. The van der Waals surface area contributed by atoms with Gasteiger partial charge in [0.15, 0.2) is 5.13 Å². The van der Waals surface area contributed by atoms with Gasteiger partial charge in [0, 0.05) is 21.9 Å². The molecule has 0 radical (unpaired) electrons. The van der Waals surface area contributed by atoms with E-state index in [1.54, 1.807) is 18.4 Å². The van der Waals surface area contributed by atoms with Gasteiger partial charge in [0.2, 0.25) is 5.91 Å². The molecular weight excluding hydrogens is 378 g/mol. The number of rotatable bonds is 6. The summed E-state index contributed by atoms with van der Waals surface area (Å²) in [6, 6.07) is 12.4. The summed E-state index contributed by atoms with van der Waals surface area (Å²) >= 11 is 3.21. The molecule has 1 fully saturated rings. The van der Waals surface area contributed by atoms with Crippen molar-refractivity contribution in [3.05, 3.63) is 52.0 Å². The molecule has 1 unspecified atom stereocenters. The molecule has 140 valence electrons. The molecule has 0 saturated carbocycles. The van der Waals surface area contributed by atoms with Crippen molar-refractivity contribution in [2.45, 2.75) is 18.9 Å². The number of nitrogens with zero attached hydrogens (tertiary/aromatic N) is 2. The lowest BCUT2D eigenvalue weighted by Crippen LogP contribution is -2.32. The molecule has 4 rings (SSSR count). The summed E-state index contributed by atoms with van der Waals surface area (Å²) in [4.78, 5) is 20.7. The second kappa shape index (κ2) is 8.21. The average Bonchev–Trinajstić information content (AvgIpc) is 3.43. The van der Waals surface area contributed by atoms with Crippen molar-refractivity contribution in [2.24, 2.45) is 0 Å². The topological polar surface area (TPSA) is 54.5 Å². The quantitative estimate of drug-likeness (QED) is 0.655. The van der Waals surface area contributed by atoms with E-state index in [0.717, 1.165) is 36.4 Å². The van der Waals surface area contributed by atoms with Crippen molar-refractivity contribution >= 4 is 33.7 Å². The molecule has 3 heterocycles. The first-order valence-electron chi connectivity index (χ1n) is 8.90. The minimum absolute atomic E-state index is 0.00547. The first-order valence-corrected chi connectivity index (χ1v) is 10.7. The van der Waals surface area contributed by atoms with E-state index in [4.69, 9.17) is 4.74 Å². The second-order valence-corrected chi connectivity index (χ2v) is 8.30. The van der Waals surface area contributed by atoms with E-state index in [-0.39, 0.29) is 5.91 Å². The van der Waals surface area contributed by atoms with Gasteiger partial charge in [0.05, 0.1) is 19.3 Å². The number of methoxy groups -OCH3 is 1. The largest absolute Gasteiger partial charge is 0.497 e. The molecular formula is C20H21N3O2S2. The number of hydrogen-bond donors (Lipinski definition) is 1. The van der Waals surface area contributed by atoms with E-state index >= 15 is 0 Å². The van der Waals surface area contributed by atoms with Crippen LogP contribution in [0.3, 0.4) is 0 Å². The summed E-state index contributed by atoms with van der Waals surface area (Å²) in [6.45, 7) is 1.37. The molecule has 27 heavy (non-hydrogen) atoms. The molecule has 1 aliphatic heterocycles. The average molecular weight is 400 g/mol. The zero-order valence-electron chi connectivity index (χ0n) is 15.1. The minimum atomic E-state index is -0.00547. The van der Waals surface area contributed by atoms with Gasteiger partial charge in [0.25, 0.3) is 0 Å². The molecule has 1 aromatic carbocycles. The monoisotopic (exact) mass is 399 g/mol. The van der Waals surface area contributed by atoms with Crippen LogP contribution in [0.4, 0.5) is 5.13 Å². The predicted molar refractivity (Wildman–Crippen MR) is 111 cm³/mol. The summed E-state index contributed by atoms with van der Waals surface area (Å²) in [6.07, 6.45) is 2.25. The second-order valence-electron chi connectivity index (χ2n) is 6.46. The van der Waals surface area contributed by atoms with Gasteiger partial charge >= 0.3 is 0 Å². The number of thiophene rings is 1. The minimum Gasteiger partial charge on any atom is -0.497 e. The third-order valence-electron chi connectivity index (χ3n) is 4.72. The van der Waals surface area contributed by atoms with Crippen LogP contribution in [0.2, 0.25) is 0 Å². The summed E-state index contributed by atoms with van der Waals surface area (Å²) < 4.78 is 5.18. The molecule has 0 spiro atoms. The van der Waals surface area contributed by atoms with Crippen molar-refractivity contribution in [1.82, 2.24) is 9.88 Å². The molecule has 7 heteroatoms. The first kappa shape index (κ1) is 18.2. The van der Waals surface area contributed by atoms with Crippen molar-refractivity contribution in [3.63, 3.8) is 0 Å². The Balaban J connectivity index is 1.38. The number of carbonyl (C=O) groups is 1. The number of anilines is 1. The number of carbonyl (C=O) groups excluding carboxylic acids is 1. The summed E-state index contributed by atoms with van der Waals surface area (Å²) in [5.41, 5.74) is 1.86.